The van der Waals surface area contributed by atoms with Gasteiger partial charge in [0.05, 0.1) is 263 Å². The van der Waals surface area contributed by atoms with Crippen molar-refractivity contribution >= 4 is 0 Å². The van der Waals surface area contributed by atoms with Crippen LogP contribution in [-0.2, 0) is 0 Å². The lowest BCUT2D eigenvalue weighted by Gasteiger charge is -2.48. The molecule has 0 amide bonds. The SMILES string of the molecule is CC[N+]1(C)C(C)CCCC1C.CC[N+]1(C)CC(C)CC(C)C1.CC[N+]1(C)CC(C)CC(C)C1C.CC[N+]1(C)CC(C)CC(C)C1C.CC[N+]1(C)CCC(C)C(C)C1.CC[N+]1(C)CCC(C)C(C)C1C.CC[N+]1(C)CCC(C)C(C)C1C.CC[N+]1(C)CCC(C)CC1.CC[N+]1(C)CCC(C)CC1C.CC[N+]1(C)CCCC(C)C1C. The molecule has 10 heteroatoms. The first-order chi connectivity index (χ1) is 52.1. The van der Waals surface area contributed by atoms with Crippen molar-refractivity contribution in [3.05, 3.63) is 0 Å². The maximum absolute atomic E-state index is 2.42. The van der Waals surface area contributed by atoms with Gasteiger partial charge < -0.3 is 44.8 Å². The van der Waals surface area contributed by atoms with E-state index in [9.17, 15) is 0 Å². The molecule has 0 spiro atoms. The van der Waals surface area contributed by atoms with Crippen LogP contribution in [-0.4, -0.2) is 308 Å². The van der Waals surface area contributed by atoms with Crippen LogP contribution in [0.3, 0.4) is 0 Å². The Bertz CT molecular complexity index is 2390. The molecular weight excluding hydrogens is 1380 g/mol. The third-order valence-electron chi connectivity index (χ3n) is 38.2. The minimum atomic E-state index is 0.846. The third-order valence-corrected chi connectivity index (χ3v) is 38.2. The van der Waals surface area contributed by atoms with Crippen molar-refractivity contribution in [3.8, 4) is 0 Å². The van der Waals surface area contributed by atoms with E-state index in [0.29, 0.717) is 0 Å². The number of likely N-dealkylation sites (tertiary alicyclic amines) is 10. The van der Waals surface area contributed by atoms with Gasteiger partial charge in [0.15, 0.2) is 0 Å². The van der Waals surface area contributed by atoms with Crippen LogP contribution in [0.15, 0.2) is 0 Å². The predicted octanol–water partition coefficient (Wildman–Crippen LogP) is 23.2. The maximum atomic E-state index is 2.42. The summed E-state index contributed by atoms with van der Waals surface area (Å²) in [5.41, 5.74) is 0. The van der Waals surface area contributed by atoms with Crippen LogP contribution in [0.25, 0.3) is 0 Å². The summed E-state index contributed by atoms with van der Waals surface area (Å²) >= 11 is 0. The second-order valence-corrected chi connectivity index (χ2v) is 46.4. The zero-order valence-electron chi connectivity index (χ0n) is 86.9. The van der Waals surface area contributed by atoms with Gasteiger partial charge >= 0.3 is 0 Å². The summed E-state index contributed by atoms with van der Waals surface area (Å²) in [7, 11) is 24.0. The molecule has 0 saturated carbocycles. The summed E-state index contributed by atoms with van der Waals surface area (Å²) in [5.74, 6) is 13.9. The Labute approximate surface area is 717 Å². The van der Waals surface area contributed by atoms with Crippen LogP contribution in [0.5, 0.6) is 0 Å². The summed E-state index contributed by atoms with van der Waals surface area (Å²) in [5, 5.41) is 0. The van der Waals surface area contributed by atoms with Gasteiger partial charge in [0.25, 0.3) is 0 Å². The van der Waals surface area contributed by atoms with E-state index in [1.807, 2.05) is 0 Å². The molecular formula is C103H226N10+10. The number of piperidine rings is 10. The normalized spacial score (nSPS) is 46.9. The van der Waals surface area contributed by atoms with Crippen molar-refractivity contribution in [1.82, 2.24) is 0 Å². The Morgan fingerprint density at radius 3 is 0.867 bits per heavy atom. The van der Waals surface area contributed by atoms with E-state index < -0.39 is 0 Å². The fraction of sp³-hybridized carbons (Fsp3) is 1.00. The number of rotatable bonds is 10. The highest BCUT2D eigenvalue weighted by molar-refractivity contribution is 4.78. The predicted molar refractivity (Wildman–Crippen MR) is 508 cm³/mol. The minimum Gasteiger partial charge on any atom is -0.326 e. The van der Waals surface area contributed by atoms with E-state index in [1.165, 1.54) is 285 Å². The summed E-state index contributed by atoms with van der Waals surface area (Å²) in [6.07, 6.45) is 21.4. The average molecular weight is 1610 g/mol. The molecule has 10 fully saturated rings. The van der Waals surface area contributed by atoms with E-state index >= 15 is 0 Å². The molecule has 113 heavy (non-hydrogen) atoms. The van der Waals surface area contributed by atoms with E-state index in [2.05, 4.69) is 299 Å². The molecule has 10 saturated heterocycles. The van der Waals surface area contributed by atoms with Gasteiger partial charge in [-0.05, 0) is 244 Å². The summed E-state index contributed by atoms with van der Waals surface area (Å²) in [4.78, 5) is 0. The zero-order valence-corrected chi connectivity index (χ0v) is 86.9. The lowest BCUT2D eigenvalue weighted by atomic mass is 9.81. The number of hydrogen-bond donors (Lipinski definition) is 0. The molecule has 0 bridgehead atoms. The number of quaternary nitrogens is 10. The molecule has 29 atom stereocenters. The van der Waals surface area contributed by atoms with Gasteiger partial charge in [-0.1, -0.05) is 104 Å². The van der Waals surface area contributed by atoms with Crippen molar-refractivity contribution in [2.45, 2.75) is 373 Å². The van der Waals surface area contributed by atoms with Crippen LogP contribution in [0, 0.1) is 88.8 Å². The fourth-order valence-corrected chi connectivity index (χ4v) is 23.7. The Kier molecular flexibility index (Phi) is 48.7. The van der Waals surface area contributed by atoms with E-state index in [-0.39, 0.29) is 0 Å². The van der Waals surface area contributed by atoms with Gasteiger partial charge in [0.2, 0.25) is 0 Å². The maximum Gasteiger partial charge on any atom is 0.0888 e. The van der Waals surface area contributed by atoms with Gasteiger partial charge in [-0.15, -0.1) is 0 Å². The van der Waals surface area contributed by atoms with Gasteiger partial charge in [-0.3, -0.25) is 0 Å². The van der Waals surface area contributed by atoms with Crippen molar-refractivity contribution in [2.24, 2.45) is 88.8 Å². The average Bonchev–Trinajstić information content (AvgIpc) is 0.814. The largest absolute Gasteiger partial charge is 0.326 e. The molecule has 0 aliphatic carbocycles. The third kappa shape index (κ3) is 33.6. The van der Waals surface area contributed by atoms with Crippen molar-refractivity contribution < 1.29 is 44.8 Å². The number of nitrogens with zero attached hydrogens (tertiary/aromatic N) is 10. The second-order valence-electron chi connectivity index (χ2n) is 46.4. The summed E-state index contributed by atoms with van der Waals surface area (Å²) < 4.78 is 12.9. The molecule has 0 radical (unpaired) electrons. The van der Waals surface area contributed by atoms with Crippen LogP contribution in [0.2, 0.25) is 0 Å². The molecule has 10 rings (SSSR count). The van der Waals surface area contributed by atoms with Crippen molar-refractivity contribution in [2.75, 3.05) is 214 Å². The van der Waals surface area contributed by atoms with Gasteiger partial charge in [0.1, 0.15) is 0 Å². The van der Waals surface area contributed by atoms with Gasteiger partial charge in [-0.2, -0.15) is 0 Å². The Balaban J connectivity index is 0.000000628. The first-order valence-corrected chi connectivity index (χ1v) is 50.5. The first kappa shape index (κ1) is 111. The Morgan fingerprint density at radius 2 is 0.531 bits per heavy atom. The molecule has 0 aromatic rings. The van der Waals surface area contributed by atoms with Gasteiger partial charge in [0, 0.05) is 65.6 Å². The van der Waals surface area contributed by atoms with E-state index in [0.717, 1.165) is 137 Å². The molecule has 678 valence electrons. The fourth-order valence-electron chi connectivity index (χ4n) is 23.7. The highest BCUT2D eigenvalue weighted by Gasteiger charge is 2.44. The molecule has 29 unspecified atom stereocenters. The summed E-state index contributed by atoms with van der Waals surface area (Å²) in [6, 6.07) is 6.90. The van der Waals surface area contributed by atoms with E-state index in [1.54, 1.807) is 0 Å². The Morgan fingerprint density at radius 1 is 0.195 bits per heavy atom. The molecule has 10 aliphatic heterocycles. The quantitative estimate of drug-likeness (QED) is 0.191. The smallest absolute Gasteiger partial charge is 0.0888 e. The molecule has 10 nitrogen and oxygen atoms in total. The van der Waals surface area contributed by atoms with E-state index in [4.69, 9.17) is 0 Å². The molecule has 10 heterocycles. The standard InChI is InChI=1S/4C11H24N.5C10H22N.C9H20N/c2*1-6-12(5)8-9(2)7-10(3)11(12)4;2*1-6-12(5)8-7-9(2)10(3)11(12)4;1-5-11(4)7-9(2)6-10(3)8-11;1-5-11(4)7-6-9(2)10(3)8-11;1-5-11(4)7-6-9(2)8-10(11)3;1-5-11(4)8-6-7-9(2)10(11)3;1-5-11(4)9(2)7-6-8-10(11)3;1-4-10(3)7-5-9(2)6-8-10/h4*9-11H,6-8H2,1-5H3;5*9-10H,5-8H2,1-4H3;9H,4-8H2,1-3H3/q10*+1. The molecule has 0 aromatic heterocycles. The molecule has 0 N–H and O–H groups in total. The molecule has 10 aliphatic rings. The second kappa shape index (κ2) is 49.8. The Hall–Kier alpha value is -0.400. The molecule has 0 aromatic carbocycles. The first-order valence-electron chi connectivity index (χ1n) is 50.5. The monoisotopic (exact) mass is 1600 g/mol. The highest BCUT2D eigenvalue weighted by atomic mass is 15.4. The highest BCUT2D eigenvalue weighted by Crippen LogP contribution is 2.38. The zero-order chi connectivity index (χ0) is 87.4. The minimum absolute atomic E-state index is 0.846. The topological polar surface area (TPSA) is 0 Å². The summed E-state index contributed by atoms with van der Waals surface area (Å²) in [6.45, 7) is 108. The van der Waals surface area contributed by atoms with Gasteiger partial charge in [-0.25, -0.2) is 0 Å². The lowest BCUT2D eigenvalue weighted by molar-refractivity contribution is -0.956. The van der Waals surface area contributed by atoms with Crippen molar-refractivity contribution in [1.29, 1.82) is 0 Å². The lowest BCUT2D eigenvalue weighted by Crippen LogP contribution is -2.58. The van der Waals surface area contributed by atoms with Crippen LogP contribution >= 0.6 is 0 Å². The van der Waals surface area contributed by atoms with Crippen LogP contribution in [0.1, 0.15) is 325 Å². The van der Waals surface area contributed by atoms with Crippen molar-refractivity contribution in [3.63, 3.8) is 0 Å². The van der Waals surface area contributed by atoms with Crippen LogP contribution in [0.4, 0.5) is 0 Å². The van der Waals surface area contributed by atoms with Crippen LogP contribution < -0.4 is 0 Å². The number of hydrogen-bond acceptors (Lipinski definition) is 0.